The first-order chi connectivity index (χ1) is 7.26. The summed E-state index contributed by atoms with van der Waals surface area (Å²) in [6.45, 7) is 6.24. The Morgan fingerprint density at radius 3 is 1.94 bits per heavy atom. The highest BCUT2D eigenvalue weighted by atomic mass is 31.2. The molecule has 0 aromatic carbocycles. The lowest BCUT2D eigenvalue weighted by atomic mass is 10.2. The molecule has 6 nitrogen and oxygen atoms in total. The van der Waals surface area contributed by atoms with Gasteiger partial charge in [0.25, 0.3) is 0 Å². The van der Waals surface area contributed by atoms with Crippen LogP contribution in [0.3, 0.4) is 0 Å². The van der Waals surface area contributed by atoms with Gasteiger partial charge < -0.3 is 19.4 Å². The van der Waals surface area contributed by atoms with Crippen molar-refractivity contribution in [2.45, 2.75) is 33.6 Å². The summed E-state index contributed by atoms with van der Waals surface area (Å²) in [4.78, 5) is 32.6. The van der Waals surface area contributed by atoms with E-state index in [1.54, 1.807) is 0 Å². The zero-order valence-electron chi connectivity index (χ0n) is 9.71. The molecule has 16 heavy (non-hydrogen) atoms. The molecule has 0 aliphatic rings. The first-order valence-corrected chi connectivity index (χ1v) is 6.47. The van der Waals surface area contributed by atoms with Crippen molar-refractivity contribution < 1.29 is 28.8 Å². The quantitative estimate of drug-likeness (QED) is 0.397. The van der Waals surface area contributed by atoms with E-state index in [4.69, 9.17) is 24.0 Å². The molecule has 0 amide bonds. The summed E-state index contributed by atoms with van der Waals surface area (Å²) < 4.78 is 13.7. The van der Waals surface area contributed by atoms with Crippen LogP contribution in [0.15, 0.2) is 11.6 Å². The van der Waals surface area contributed by atoms with Gasteiger partial charge >= 0.3 is 13.8 Å². The van der Waals surface area contributed by atoms with E-state index in [1.807, 2.05) is 26.8 Å². The summed E-state index contributed by atoms with van der Waals surface area (Å²) in [5.74, 6) is -0.170. The molecule has 0 aromatic heterocycles. The number of esters is 1. The van der Waals surface area contributed by atoms with E-state index in [0.717, 1.165) is 18.4 Å². The van der Waals surface area contributed by atoms with Crippen molar-refractivity contribution in [3.8, 4) is 0 Å². The van der Waals surface area contributed by atoms with Crippen molar-refractivity contribution in [3.63, 3.8) is 0 Å². The molecule has 0 saturated heterocycles. The number of hydrogen-bond donors (Lipinski definition) is 3. The maximum Gasteiger partial charge on any atom is 0.466 e. The van der Waals surface area contributed by atoms with Gasteiger partial charge in [0.15, 0.2) is 0 Å². The number of carbonyl (C=O) groups is 1. The maximum atomic E-state index is 11.1. The van der Waals surface area contributed by atoms with Crippen LogP contribution in [0.1, 0.15) is 33.6 Å². The van der Waals surface area contributed by atoms with Crippen LogP contribution in [0.4, 0.5) is 0 Å². The lowest BCUT2D eigenvalue weighted by molar-refractivity contribution is -0.138. The predicted molar refractivity (Wildman–Crippen MR) is 59.6 cm³/mol. The summed E-state index contributed by atoms with van der Waals surface area (Å²) in [6, 6.07) is 0. The Kier molecular flexibility index (Phi) is 10.6. The average Bonchev–Trinajstić information content (AvgIpc) is 2.11. The fraction of sp³-hybridized carbons (Fsp3) is 0.667. The largest absolute Gasteiger partial charge is 0.466 e. The Morgan fingerprint density at radius 2 is 1.69 bits per heavy atom. The monoisotopic (exact) mass is 254 g/mol. The second kappa shape index (κ2) is 9.54. The standard InChI is InChI=1S/C9H16O2.H3O4P/c1-4-7-8(5-2)9(10)11-6-3;1-5(2,3)4/h7H,4-6H2,1-3H3;(H3,1,2,3,4). The fourth-order valence-electron chi connectivity index (χ4n) is 0.842. The Hall–Kier alpha value is -0.680. The zero-order chi connectivity index (χ0) is 13.2. The molecule has 0 fully saturated rings. The van der Waals surface area contributed by atoms with Gasteiger partial charge in [-0.1, -0.05) is 19.9 Å². The van der Waals surface area contributed by atoms with E-state index in [9.17, 15) is 4.79 Å². The molecule has 0 spiro atoms. The van der Waals surface area contributed by atoms with Crippen LogP contribution < -0.4 is 0 Å². The van der Waals surface area contributed by atoms with Crippen LogP contribution in [0.25, 0.3) is 0 Å². The normalized spacial score (nSPS) is 11.5. The molecule has 0 atom stereocenters. The summed E-state index contributed by atoms with van der Waals surface area (Å²) in [6.07, 6.45) is 3.56. The summed E-state index contributed by atoms with van der Waals surface area (Å²) in [7, 11) is -4.64. The molecule has 3 N–H and O–H groups in total. The van der Waals surface area contributed by atoms with Crippen LogP contribution in [0.2, 0.25) is 0 Å². The SMILES string of the molecule is CCC=C(CC)C(=O)OCC.O=P(O)(O)O. The third kappa shape index (κ3) is 15.8. The van der Waals surface area contributed by atoms with Gasteiger partial charge in [-0.15, -0.1) is 0 Å². The third-order valence-electron chi connectivity index (χ3n) is 1.37. The van der Waals surface area contributed by atoms with Crippen LogP contribution in [0.5, 0.6) is 0 Å². The molecule has 0 rings (SSSR count). The molecule has 0 radical (unpaired) electrons. The van der Waals surface area contributed by atoms with E-state index >= 15 is 0 Å². The zero-order valence-corrected chi connectivity index (χ0v) is 10.6. The highest BCUT2D eigenvalue weighted by Gasteiger charge is 2.05. The number of hydrogen-bond acceptors (Lipinski definition) is 3. The van der Waals surface area contributed by atoms with Crippen molar-refractivity contribution in [2.24, 2.45) is 0 Å². The molecule has 0 aromatic rings. The number of phosphoric acid groups is 1. The molecular weight excluding hydrogens is 235 g/mol. The van der Waals surface area contributed by atoms with Crippen molar-refractivity contribution in [2.75, 3.05) is 6.61 Å². The first-order valence-electron chi connectivity index (χ1n) is 4.90. The Morgan fingerprint density at radius 1 is 1.25 bits per heavy atom. The second-order valence-electron chi connectivity index (χ2n) is 2.72. The van der Waals surface area contributed by atoms with Crippen LogP contribution in [-0.4, -0.2) is 27.3 Å². The van der Waals surface area contributed by atoms with Gasteiger partial charge in [-0.05, 0) is 19.8 Å². The number of carbonyl (C=O) groups excluding carboxylic acids is 1. The van der Waals surface area contributed by atoms with Gasteiger partial charge in [0, 0.05) is 5.57 Å². The number of rotatable bonds is 4. The smallest absolute Gasteiger partial charge is 0.463 e. The van der Waals surface area contributed by atoms with Crippen molar-refractivity contribution in [1.29, 1.82) is 0 Å². The van der Waals surface area contributed by atoms with Gasteiger partial charge in [-0.2, -0.15) is 0 Å². The summed E-state index contributed by atoms with van der Waals surface area (Å²) >= 11 is 0. The minimum Gasteiger partial charge on any atom is -0.463 e. The number of allylic oxidation sites excluding steroid dienone is 1. The molecule has 0 aliphatic carbocycles. The minimum absolute atomic E-state index is 0.170. The van der Waals surface area contributed by atoms with E-state index in [-0.39, 0.29) is 5.97 Å². The Labute approximate surface area is 95.2 Å². The lowest BCUT2D eigenvalue weighted by Gasteiger charge is -2.02. The fourth-order valence-corrected chi connectivity index (χ4v) is 0.842. The van der Waals surface area contributed by atoms with Crippen LogP contribution >= 0.6 is 7.82 Å². The van der Waals surface area contributed by atoms with Crippen LogP contribution in [0, 0.1) is 0 Å². The average molecular weight is 254 g/mol. The Balaban J connectivity index is 0. The molecule has 0 saturated carbocycles. The predicted octanol–water partition coefficient (Wildman–Crippen LogP) is 1.37. The highest BCUT2D eigenvalue weighted by molar-refractivity contribution is 7.45. The van der Waals surface area contributed by atoms with Crippen LogP contribution in [-0.2, 0) is 14.1 Å². The van der Waals surface area contributed by atoms with Crippen molar-refractivity contribution in [1.82, 2.24) is 0 Å². The van der Waals surface area contributed by atoms with E-state index in [0.29, 0.717) is 6.61 Å². The summed E-state index contributed by atoms with van der Waals surface area (Å²) in [5.41, 5.74) is 0.786. The second-order valence-corrected chi connectivity index (χ2v) is 3.75. The third-order valence-corrected chi connectivity index (χ3v) is 1.37. The van der Waals surface area contributed by atoms with E-state index < -0.39 is 7.82 Å². The van der Waals surface area contributed by atoms with Crippen molar-refractivity contribution >= 4 is 13.8 Å². The molecule has 0 unspecified atom stereocenters. The molecular formula is C9H19O6P. The Bertz CT molecular complexity index is 259. The highest BCUT2D eigenvalue weighted by Crippen LogP contribution is 2.25. The van der Waals surface area contributed by atoms with Gasteiger partial charge in [0.1, 0.15) is 0 Å². The van der Waals surface area contributed by atoms with Gasteiger partial charge in [0.05, 0.1) is 6.61 Å². The van der Waals surface area contributed by atoms with Gasteiger partial charge in [-0.3, -0.25) is 0 Å². The molecule has 0 aliphatic heterocycles. The topological polar surface area (TPSA) is 104 Å². The lowest BCUT2D eigenvalue weighted by Crippen LogP contribution is -2.06. The molecule has 0 bridgehead atoms. The minimum atomic E-state index is -4.64. The molecule has 0 heterocycles. The molecule has 7 heteroatoms. The van der Waals surface area contributed by atoms with Gasteiger partial charge in [-0.25, -0.2) is 9.36 Å². The van der Waals surface area contributed by atoms with Crippen molar-refractivity contribution in [3.05, 3.63) is 11.6 Å². The number of ether oxygens (including phenoxy) is 1. The first kappa shape index (κ1) is 17.7. The molecule has 96 valence electrons. The summed E-state index contributed by atoms with van der Waals surface area (Å²) in [5, 5.41) is 0. The van der Waals surface area contributed by atoms with E-state index in [2.05, 4.69) is 0 Å². The maximum absolute atomic E-state index is 11.1. The van der Waals surface area contributed by atoms with E-state index in [1.165, 1.54) is 0 Å². The van der Waals surface area contributed by atoms with Gasteiger partial charge in [0.2, 0.25) is 0 Å².